The molecule has 0 unspecified atom stereocenters. The van der Waals surface area contributed by atoms with Gasteiger partial charge in [0, 0.05) is 18.9 Å². The summed E-state index contributed by atoms with van der Waals surface area (Å²) in [6, 6.07) is 9.22. The number of nitrogens with one attached hydrogen (secondary N) is 2. The van der Waals surface area contributed by atoms with Gasteiger partial charge >= 0.3 is 5.97 Å². The molecule has 186 valence electrons. The number of halogens is 2. The quantitative estimate of drug-likeness (QED) is 0.269. The number of unbranched alkanes of at least 4 members (excludes halogenated alkanes) is 4. The van der Waals surface area contributed by atoms with Crippen LogP contribution in [0.25, 0.3) is 0 Å². The van der Waals surface area contributed by atoms with E-state index in [1.807, 2.05) is 18.2 Å². The number of carbonyl (C=O) groups excluding carboxylic acids is 1. The third-order valence-corrected chi connectivity index (χ3v) is 5.96. The summed E-state index contributed by atoms with van der Waals surface area (Å²) in [4.78, 5) is 28.5. The zero-order chi connectivity index (χ0) is 25.0. The summed E-state index contributed by atoms with van der Waals surface area (Å²) in [5, 5.41) is 23.7. The molecule has 0 bridgehead atoms. The summed E-state index contributed by atoms with van der Waals surface area (Å²) < 4.78 is 1.42. The number of pyridine rings is 1. The van der Waals surface area contributed by atoms with Gasteiger partial charge in [0.25, 0.3) is 5.91 Å². The second kappa shape index (κ2) is 13.7. The molecule has 3 aromatic rings. The largest absolute Gasteiger partial charge is 0.480 e. The van der Waals surface area contributed by atoms with E-state index in [2.05, 4.69) is 25.9 Å². The summed E-state index contributed by atoms with van der Waals surface area (Å²) in [6.07, 6.45) is 9.60. The van der Waals surface area contributed by atoms with Gasteiger partial charge in [-0.1, -0.05) is 59.8 Å². The molecule has 0 saturated carbocycles. The number of benzene rings is 1. The fourth-order valence-electron chi connectivity index (χ4n) is 3.51. The topological polar surface area (TPSA) is 122 Å². The van der Waals surface area contributed by atoms with Gasteiger partial charge in [-0.3, -0.25) is 4.79 Å². The van der Waals surface area contributed by atoms with Gasteiger partial charge < -0.3 is 15.7 Å². The van der Waals surface area contributed by atoms with Crippen LogP contribution in [0.4, 0.5) is 5.82 Å². The van der Waals surface area contributed by atoms with E-state index in [0.29, 0.717) is 0 Å². The minimum atomic E-state index is -1.22. The minimum Gasteiger partial charge on any atom is -0.480 e. The lowest BCUT2D eigenvalue weighted by Crippen LogP contribution is -2.44. The second-order valence-electron chi connectivity index (χ2n) is 8.05. The molecule has 1 atom stereocenters. The lowest BCUT2D eigenvalue weighted by molar-refractivity contribution is -0.139. The van der Waals surface area contributed by atoms with E-state index in [1.165, 1.54) is 16.8 Å². The Labute approximate surface area is 213 Å². The first-order chi connectivity index (χ1) is 16.9. The van der Waals surface area contributed by atoms with Gasteiger partial charge in [-0.25, -0.2) is 14.5 Å². The highest BCUT2D eigenvalue weighted by Gasteiger charge is 2.24. The number of hydrogen-bond acceptors (Lipinski definition) is 6. The van der Waals surface area contributed by atoms with E-state index in [-0.39, 0.29) is 22.2 Å². The van der Waals surface area contributed by atoms with Crippen LogP contribution in [0.15, 0.2) is 48.8 Å². The summed E-state index contributed by atoms with van der Waals surface area (Å²) in [7, 11) is 0. The molecule has 0 aliphatic rings. The third-order valence-electron chi connectivity index (χ3n) is 5.33. The lowest BCUT2D eigenvalue weighted by Gasteiger charge is -2.15. The first-order valence-corrected chi connectivity index (χ1v) is 12.2. The Hall–Kier alpha value is -3.17. The van der Waals surface area contributed by atoms with Crippen LogP contribution in [0.1, 0.15) is 48.2 Å². The molecule has 1 aromatic carbocycles. The van der Waals surface area contributed by atoms with Gasteiger partial charge in [0.15, 0.2) is 0 Å². The van der Waals surface area contributed by atoms with Crippen LogP contribution in [0.2, 0.25) is 10.0 Å². The van der Waals surface area contributed by atoms with Crippen LogP contribution in [0, 0.1) is 0 Å². The van der Waals surface area contributed by atoms with E-state index >= 15 is 0 Å². The molecule has 3 rings (SSSR count). The average molecular weight is 519 g/mol. The van der Waals surface area contributed by atoms with Crippen molar-refractivity contribution >= 4 is 40.9 Å². The zero-order valence-electron chi connectivity index (χ0n) is 19.2. The standard InChI is InChI=1S/C24H28Cl2N6O3/c25-18-10-8-11-19(26)22(18)23(33)29-20(24(34)35)16-32-15-17(30-31-32)9-4-2-1-3-6-13-27-21-12-5-7-14-28-21/h5,7-8,10-12,14-15,20H,1-4,6,9,13,16H2,(H,27,28)(H,29,33)(H,34,35)/t20-/m0/s1. The molecule has 0 spiro atoms. The van der Waals surface area contributed by atoms with Crippen molar-refractivity contribution in [1.29, 1.82) is 0 Å². The van der Waals surface area contributed by atoms with Crippen LogP contribution in [-0.4, -0.2) is 49.5 Å². The second-order valence-corrected chi connectivity index (χ2v) is 8.87. The molecular formula is C24H28Cl2N6O3. The maximum atomic E-state index is 12.5. The molecule has 0 saturated heterocycles. The summed E-state index contributed by atoms with van der Waals surface area (Å²) >= 11 is 12.1. The number of nitrogens with zero attached hydrogens (tertiary/aromatic N) is 4. The van der Waals surface area contributed by atoms with Crippen LogP contribution in [0.5, 0.6) is 0 Å². The zero-order valence-corrected chi connectivity index (χ0v) is 20.7. The van der Waals surface area contributed by atoms with Gasteiger partial charge in [0.05, 0.1) is 27.8 Å². The van der Waals surface area contributed by atoms with E-state index < -0.39 is 17.9 Å². The van der Waals surface area contributed by atoms with Crippen LogP contribution in [-0.2, 0) is 17.8 Å². The Morgan fingerprint density at radius 3 is 2.46 bits per heavy atom. The maximum absolute atomic E-state index is 12.5. The van der Waals surface area contributed by atoms with Crippen molar-refractivity contribution in [1.82, 2.24) is 25.3 Å². The SMILES string of the molecule is O=C(N[C@@H](Cn1cc(CCCCCCCNc2ccccn2)nn1)C(=O)O)c1c(Cl)cccc1Cl. The number of rotatable bonds is 14. The van der Waals surface area contributed by atoms with Crippen molar-refractivity contribution in [3.8, 4) is 0 Å². The molecule has 0 radical (unpaired) electrons. The number of anilines is 1. The number of carboxylic acids is 1. The van der Waals surface area contributed by atoms with Gasteiger partial charge in [-0.15, -0.1) is 5.10 Å². The molecule has 9 nitrogen and oxygen atoms in total. The van der Waals surface area contributed by atoms with E-state index in [4.69, 9.17) is 23.2 Å². The molecule has 1 amide bonds. The Morgan fingerprint density at radius 2 is 1.74 bits per heavy atom. The Balaban J connectivity index is 1.37. The summed E-state index contributed by atoms with van der Waals surface area (Å²) in [6.45, 7) is 0.828. The Morgan fingerprint density at radius 1 is 1.00 bits per heavy atom. The van der Waals surface area contributed by atoms with Gasteiger partial charge in [0.2, 0.25) is 0 Å². The first-order valence-electron chi connectivity index (χ1n) is 11.5. The predicted octanol–water partition coefficient (Wildman–Crippen LogP) is 4.47. The van der Waals surface area contributed by atoms with Crippen LogP contribution in [0.3, 0.4) is 0 Å². The number of aromatic nitrogens is 4. The molecule has 11 heteroatoms. The Kier molecular flexibility index (Phi) is 10.3. The van der Waals surface area contributed by atoms with E-state index in [9.17, 15) is 14.7 Å². The molecule has 0 aliphatic carbocycles. The van der Waals surface area contributed by atoms with E-state index in [0.717, 1.165) is 56.6 Å². The number of aliphatic carboxylic acids is 1. The molecule has 0 fully saturated rings. The summed E-state index contributed by atoms with van der Waals surface area (Å²) in [5.41, 5.74) is 0.820. The van der Waals surface area contributed by atoms with E-state index in [1.54, 1.807) is 18.5 Å². The van der Waals surface area contributed by atoms with Gasteiger partial charge in [0.1, 0.15) is 11.9 Å². The smallest absolute Gasteiger partial charge is 0.328 e. The highest BCUT2D eigenvalue weighted by atomic mass is 35.5. The van der Waals surface area contributed by atoms with Crippen molar-refractivity contribution < 1.29 is 14.7 Å². The van der Waals surface area contributed by atoms with Crippen LogP contribution < -0.4 is 10.6 Å². The first kappa shape index (κ1) is 26.4. The number of carboxylic acid groups (broad SMARTS) is 1. The average Bonchev–Trinajstić information content (AvgIpc) is 3.28. The fourth-order valence-corrected chi connectivity index (χ4v) is 4.07. The maximum Gasteiger partial charge on any atom is 0.328 e. The minimum absolute atomic E-state index is 0.0360. The molecule has 2 heterocycles. The highest BCUT2D eigenvalue weighted by Crippen LogP contribution is 2.24. The lowest BCUT2D eigenvalue weighted by atomic mass is 10.1. The molecule has 2 aromatic heterocycles. The van der Waals surface area contributed by atoms with Crippen LogP contribution >= 0.6 is 23.2 Å². The predicted molar refractivity (Wildman–Crippen MR) is 135 cm³/mol. The van der Waals surface area contributed by atoms with Gasteiger partial charge in [-0.05, 0) is 43.5 Å². The number of hydrogen-bond donors (Lipinski definition) is 3. The fraction of sp³-hybridized carbons (Fsp3) is 0.375. The van der Waals surface area contributed by atoms with Gasteiger partial charge in [-0.2, -0.15) is 0 Å². The monoisotopic (exact) mass is 518 g/mol. The number of amides is 1. The highest BCUT2D eigenvalue weighted by molar-refractivity contribution is 6.39. The normalized spacial score (nSPS) is 11.7. The molecule has 35 heavy (non-hydrogen) atoms. The molecule has 3 N–H and O–H groups in total. The van der Waals surface area contributed by atoms with Crippen molar-refractivity contribution in [3.05, 3.63) is 70.1 Å². The molecule has 0 aliphatic heterocycles. The summed E-state index contributed by atoms with van der Waals surface area (Å²) in [5.74, 6) is -0.965. The van der Waals surface area contributed by atoms with Crippen molar-refractivity contribution in [2.45, 2.75) is 51.1 Å². The Bertz CT molecular complexity index is 1090. The third kappa shape index (κ3) is 8.52. The van der Waals surface area contributed by atoms with Crippen molar-refractivity contribution in [2.24, 2.45) is 0 Å². The molecular weight excluding hydrogens is 491 g/mol. The number of aryl methyl sites for hydroxylation is 1. The number of carbonyl (C=O) groups is 2. The van der Waals surface area contributed by atoms with Crippen molar-refractivity contribution in [3.63, 3.8) is 0 Å². The van der Waals surface area contributed by atoms with Crippen molar-refractivity contribution in [2.75, 3.05) is 11.9 Å².